The minimum atomic E-state index is -2.41. The summed E-state index contributed by atoms with van der Waals surface area (Å²) in [7, 11) is 1.58. The molecule has 1 fully saturated rings. The summed E-state index contributed by atoms with van der Waals surface area (Å²) >= 11 is 6.23. The summed E-state index contributed by atoms with van der Waals surface area (Å²) in [5, 5.41) is 46.3. The molecule has 10 nitrogen and oxygen atoms in total. The van der Waals surface area contributed by atoms with Crippen LogP contribution in [0.2, 0.25) is 5.02 Å². The Bertz CT molecular complexity index is 1090. The number of aliphatic hydroxyl groups is 3. The quantitative estimate of drug-likeness (QED) is 0.140. The summed E-state index contributed by atoms with van der Waals surface area (Å²) < 4.78 is 0. The Hall–Kier alpha value is -2.82. The third kappa shape index (κ3) is 2.61. The van der Waals surface area contributed by atoms with Crippen molar-refractivity contribution in [3.8, 4) is 5.75 Å². The van der Waals surface area contributed by atoms with Gasteiger partial charge < -0.3 is 37.2 Å². The van der Waals surface area contributed by atoms with Crippen molar-refractivity contribution in [1.82, 2.24) is 0 Å². The van der Waals surface area contributed by atoms with Gasteiger partial charge in [0.2, 0.25) is 0 Å². The Kier molecular flexibility index (Phi) is 4.73. The number of fused-ring (bicyclic) bond motifs is 3. The fourth-order valence-electron chi connectivity index (χ4n) is 5.45. The van der Waals surface area contributed by atoms with Crippen LogP contribution in [0, 0.1) is 17.8 Å². The fourth-order valence-corrected chi connectivity index (χ4v) is 5.75. The summed E-state index contributed by atoms with van der Waals surface area (Å²) in [4.78, 5) is 37.4. The van der Waals surface area contributed by atoms with Crippen molar-refractivity contribution in [2.45, 2.75) is 31.0 Å². The number of phenolic OH excluding ortho intramolecular Hbond substituents is 1. The average molecular weight is 452 g/mol. The number of halogens is 1. The first-order chi connectivity index (χ1) is 14.5. The maximum absolute atomic E-state index is 13.4. The van der Waals surface area contributed by atoms with Gasteiger partial charge in [-0.05, 0) is 24.3 Å². The Morgan fingerprint density at radius 3 is 2.48 bits per heavy atom. The molecule has 9 N–H and O–H groups in total. The fraction of sp³-hybridized carbons (Fsp3) is 0.450. The topological polar surface area (TPSA) is 196 Å². The monoisotopic (exact) mass is 451 g/mol. The van der Waals surface area contributed by atoms with Crippen molar-refractivity contribution in [2.24, 2.45) is 23.5 Å². The summed E-state index contributed by atoms with van der Waals surface area (Å²) in [5.74, 6) is -6.91. The zero-order valence-electron chi connectivity index (χ0n) is 16.5. The Morgan fingerprint density at radius 1 is 1.26 bits per heavy atom. The number of phenols is 1. The van der Waals surface area contributed by atoms with Gasteiger partial charge in [-0.25, -0.2) is 0 Å². The van der Waals surface area contributed by atoms with Crippen LogP contribution in [0.15, 0.2) is 11.3 Å². The second kappa shape index (κ2) is 6.84. The van der Waals surface area contributed by atoms with E-state index in [9.17, 15) is 34.8 Å². The van der Waals surface area contributed by atoms with E-state index in [1.54, 1.807) is 7.05 Å². The third-order valence-electron chi connectivity index (χ3n) is 6.90. The molecule has 0 bridgehead atoms. The number of Topliss-reactive ketones (excluding diaryl/α,β-unsaturated/α-hetero) is 2. The van der Waals surface area contributed by atoms with Crippen LogP contribution in [0.25, 0.3) is 0 Å². The number of aliphatic hydroxyl groups excluding tert-OH is 2. The number of hydrogen-bond donors (Lipinski definition) is 7. The Labute approximate surface area is 181 Å². The van der Waals surface area contributed by atoms with Crippen LogP contribution in [-0.4, -0.2) is 56.7 Å². The summed E-state index contributed by atoms with van der Waals surface area (Å²) in [5.41, 5.74) is 8.28. The maximum atomic E-state index is 13.4. The number of nitrogens with one attached hydrogen (secondary N) is 1. The molecule has 1 amide bonds. The van der Waals surface area contributed by atoms with E-state index in [2.05, 4.69) is 5.32 Å². The van der Waals surface area contributed by atoms with Gasteiger partial charge in [-0.15, -0.1) is 0 Å². The average Bonchev–Trinajstić information content (AvgIpc) is 2.69. The van der Waals surface area contributed by atoms with Crippen LogP contribution in [0.5, 0.6) is 5.75 Å². The highest BCUT2D eigenvalue weighted by Gasteiger charge is 2.62. The molecule has 3 aliphatic carbocycles. The zero-order chi connectivity index (χ0) is 23.0. The van der Waals surface area contributed by atoms with Gasteiger partial charge in [-0.3, -0.25) is 14.4 Å². The van der Waals surface area contributed by atoms with Gasteiger partial charge in [0.15, 0.2) is 22.9 Å². The molecule has 1 aromatic carbocycles. The Morgan fingerprint density at radius 2 is 1.90 bits per heavy atom. The molecule has 11 heteroatoms. The number of primary amides is 1. The number of rotatable bonds is 2. The summed E-state index contributed by atoms with van der Waals surface area (Å²) in [6.45, 7) is 0. The van der Waals surface area contributed by atoms with Crippen molar-refractivity contribution in [2.75, 3.05) is 18.1 Å². The van der Waals surface area contributed by atoms with Gasteiger partial charge >= 0.3 is 0 Å². The molecule has 5 unspecified atom stereocenters. The smallest absolute Gasteiger partial charge is 0.255 e. The molecule has 1 aromatic rings. The van der Waals surface area contributed by atoms with Gasteiger partial charge in [-0.2, -0.15) is 0 Å². The highest BCUT2D eigenvalue weighted by atomic mass is 35.5. The molecule has 0 aliphatic heterocycles. The molecular formula is C20H22ClN3O7. The molecule has 0 aromatic heterocycles. The molecule has 5 atom stereocenters. The highest BCUT2D eigenvalue weighted by Crippen LogP contribution is 2.55. The van der Waals surface area contributed by atoms with E-state index in [0.717, 1.165) is 0 Å². The number of ketones is 2. The number of aromatic hydroxyl groups is 1. The first kappa shape index (κ1) is 21.4. The second-order valence-electron chi connectivity index (χ2n) is 8.33. The standard InChI is InChI=1S/C20H22ClN3O7/c1-24-14-7-3-5-2-6-4-8(25)11(19(23)30)18(29)20(6,31)17(28)9(5)15(26)10(7)16(27)13(22)12(14)21/h5-6,9,17,24,27-29,31H,2-4,22H2,1H3,(H2,23,30). The van der Waals surface area contributed by atoms with E-state index in [1.807, 2.05) is 0 Å². The summed E-state index contributed by atoms with van der Waals surface area (Å²) in [6, 6.07) is 0. The molecule has 31 heavy (non-hydrogen) atoms. The molecule has 1 saturated carbocycles. The van der Waals surface area contributed by atoms with Gasteiger partial charge in [0.05, 0.1) is 27.9 Å². The molecule has 166 valence electrons. The zero-order valence-corrected chi connectivity index (χ0v) is 17.2. The lowest BCUT2D eigenvalue weighted by molar-refractivity contribution is -0.170. The van der Waals surface area contributed by atoms with Crippen molar-refractivity contribution in [3.63, 3.8) is 0 Å². The molecule has 0 radical (unpaired) electrons. The van der Waals surface area contributed by atoms with Crippen molar-refractivity contribution < 1.29 is 34.8 Å². The predicted molar refractivity (Wildman–Crippen MR) is 110 cm³/mol. The number of nitrogens with two attached hydrogens (primary N) is 2. The van der Waals surface area contributed by atoms with E-state index in [0.29, 0.717) is 11.3 Å². The number of benzene rings is 1. The van der Waals surface area contributed by atoms with Crippen LogP contribution in [-0.2, 0) is 16.0 Å². The second-order valence-corrected chi connectivity index (χ2v) is 8.70. The SMILES string of the molecule is CNc1c(Cl)c(N)c(O)c2c1CC1CC3CC(=O)C(C(N)=O)=C(O)C3(O)C(O)C1C2=O. The largest absolute Gasteiger partial charge is 0.508 e. The number of carbonyl (C=O) groups is 3. The molecule has 3 aliphatic rings. The predicted octanol–water partition coefficient (Wildman–Crippen LogP) is 0.0228. The lowest BCUT2D eigenvalue weighted by Gasteiger charge is -2.52. The molecule has 0 saturated heterocycles. The van der Waals surface area contributed by atoms with E-state index in [1.165, 1.54) is 0 Å². The molecule has 0 heterocycles. The first-order valence-corrected chi connectivity index (χ1v) is 10.1. The van der Waals surface area contributed by atoms with Gasteiger partial charge in [-0.1, -0.05) is 11.6 Å². The lowest BCUT2D eigenvalue weighted by Crippen LogP contribution is -2.64. The van der Waals surface area contributed by atoms with Crippen LogP contribution >= 0.6 is 11.6 Å². The van der Waals surface area contributed by atoms with Crippen LogP contribution in [0.4, 0.5) is 11.4 Å². The van der Waals surface area contributed by atoms with Gasteiger partial charge in [0.25, 0.3) is 5.91 Å². The summed E-state index contributed by atoms with van der Waals surface area (Å²) in [6.07, 6.45) is -1.89. The van der Waals surface area contributed by atoms with Gasteiger partial charge in [0, 0.05) is 19.4 Å². The van der Waals surface area contributed by atoms with E-state index in [-0.39, 0.29) is 35.5 Å². The highest BCUT2D eigenvalue weighted by molar-refractivity contribution is 6.37. The van der Waals surface area contributed by atoms with E-state index < -0.39 is 64.0 Å². The number of amides is 1. The van der Waals surface area contributed by atoms with E-state index in [4.69, 9.17) is 23.1 Å². The number of hydrogen-bond acceptors (Lipinski definition) is 9. The Balaban J connectivity index is 1.89. The van der Waals surface area contributed by atoms with Crippen LogP contribution < -0.4 is 16.8 Å². The van der Waals surface area contributed by atoms with E-state index >= 15 is 0 Å². The molecular weight excluding hydrogens is 430 g/mol. The van der Waals surface area contributed by atoms with Gasteiger partial charge in [0.1, 0.15) is 17.4 Å². The van der Waals surface area contributed by atoms with Crippen molar-refractivity contribution in [1.29, 1.82) is 0 Å². The molecule has 0 spiro atoms. The van der Waals surface area contributed by atoms with Crippen molar-refractivity contribution >= 4 is 40.4 Å². The number of anilines is 2. The normalized spacial score (nSPS) is 32.3. The first-order valence-electron chi connectivity index (χ1n) is 9.68. The number of carbonyl (C=O) groups excluding carboxylic acids is 3. The lowest BCUT2D eigenvalue weighted by atomic mass is 9.55. The van der Waals surface area contributed by atoms with Crippen molar-refractivity contribution in [3.05, 3.63) is 27.5 Å². The minimum Gasteiger partial charge on any atom is -0.508 e. The molecule has 4 rings (SSSR count). The minimum absolute atomic E-state index is 0.0531. The van der Waals surface area contributed by atoms with Crippen LogP contribution in [0.3, 0.4) is 0 Å². The third-order valence-corrected chi connectivity index (χ3v) is 7.29. The maximum Gasteiger partial charge on any atom is 0.255 e. The van der Waals surface area contributed by atoms with Crippen LogP contribution in [0.1, 0.15) is 28.8 Å². The number of nitrogen functional groups attached to an aromatic ring is 1.